The normalized spacial score (nSPS) is 14.4. The van der Waals surface area contributed by atoms with Gasteiger partial charge in [-0.1, -0.05) is 52.3 Å². The summed E-state index contributed by atoms with van der Waals surface area (Å²) in [5, 5.41) is 0. The first kappa shape index (κ1) is 12.3. The molecule has 1 atom stereocenters. The Balaban J connectivity index is 2.58. The SMILES string of the molecule is CC(N)(c1ccccc1F)c1ccccc1Br. The molecule has 0 spiro atoms. The van der Waals surface area contributed by atoms with Gasteiger partial charge in [0.25, 0.3) is 0 Å². The van der Waals surface area contributed by atoms with Crippen LogP contribution in [0.1, 0.15) is 18.1 Å². The summed E-state index contributed by atoms with van der Waals surface area (Å²) < 4.78 is 14.7. The molecule has 2 aromatic carbocycles. The van der Waals surface area contributed by atoms with E-state index in [-0.39, 0.29) is 5.82 Å². The van der Waals surface area contributed by atoms with Gasteiger partial charge in [0.15, 0.2) is 0 Å². The van der Waals surface area contributed by atoms with Crippen LogP contribution in [0.5, 0.6) is 0 Å². The topological polar surface area (TPSA) is 26.0 Å². The lowest BCUT2D eigenvalue weighted by atomic mass is 9.85. The number of nitrogens with two attached hydrogens (primary N) is 1. The standard InChI is InChI=1S/C14H13BrFN/c1-14(17,10-6-2-4-8-12(10)15)11-7-3-5-9-13(11)16/h2-9H,17H2,1H3. The Hall–Kier alpha value is -1.19. The highest BCUT2D eigenvalue weighted by molar-refractivity contribution is 9.10. The van der Waals surface area contributed by atoms with Crippen LogP contribution in [-0.2, 0) is 5.54 Å². The monoisotopic (exact) mass is 293 g/mol. The van der Waals surface area contributed by atoms with Crippen LogP contribution in [0.25, 0.3) is 0 Å². The van der Waals surface area contributed by atoms with Crippen LogP contribution in [0, 0.1) is 5.82 Å². The van der Waals surface area contributed by atoms with Crippen molar-refractivity contribution in [2.24, 2.45) is 5.73 Å². The molecular weight excluding hydrogens is 281 g/mol. The van der Waals surface area contributed by atoms with Gasteiger partial charge in [0.1, 0.15) is 5.82 Å². The Bertz CT molecular complexity index is 490. The molecule has 17 heavy (non-hydrogen) atoms. The van der Waals surface area contributed by atoms with Crippen molar-refractivity contribution < 1.29 is 4.39 Å². The van der Waals surface area contributed by atoms with Gasteiger partial charge >= 0.3 is 0 Å². The zero-order chi connectivity index (χ0) is 12.5. The molecule has 0 amide bonds. The Morgan fingerprint density at radius 3 is 2.12 bits per heavy atom. The third-order valence-corrected chi connectivity index (χ3v) is 3.56. The van der Waals surface area contributed by atoms with Gasteiger partial charge in [-0.2, -0.15) is 0 Å². The van der Waals surface area contributed by atoms with E-state index in [1.807, 2.05) is 31.2 Å². The van der Waals surface area contributed by atoms with Gasteiger partial charge < -0.3 is 5.73 Å². The molecule has 3 heteroatoms. The minimum Gasteiger partial charge on any atom is -0.318 e. The van der Waals surface area contributed by atoms with E-state index < -0.39 is 5.54 Å². The average Bonchev–Trinajstić information content (AvgIpc) is 2.29. The van der Waals surface area contributed by atoms with Crippen molar-refractivity contribution >= 4 is 15.9 Å². The van der Waals surface area contributed by atoms with E-state index in [0.717, 1.165) is 10.0 Å². The molecule has 0 aliphatic carbocycles. The molecule has 0 heterocycles. The summed E-state index contributed by atoms with van der Waals surface area (Å²) in [5.41, 5.74) is 6.79. The van der Waals surface area contributed by atoms with Gasteiger partial charge in [-0.3, -0.25) is 0 Å². The smallest absolute Gasteiger partial charge is 0.128 e. The molecule has 0 saturated carbocycles. The Labute approximate surface area is 109 Å². The second-order valence-electron chi connectivity index (χ2n) is 4.16. The van der Waals surface area contributed by atoms with Crippen LogP contribution in [0.3, 0.4) is 0 Å². The summed E-state index contributed by atoms with van der Waals surface area (Å²) >= 11 is 3.45. The quantitative estimate of drug-likeness (QED) is 0.895. The van der Waals surface area contributed by atoms with Gasteiger partial charge in [0.2, 0.25) is 0 Å². The Morgan fingerprint density at radius 1 is 1.00 bits per heavy atom. The first-order valence-electron chi connectivity index (χ1n) is 5.32. The maximum absolute atomic E-state index is 13.8. The fraction of sp³-hybridized carbons (Fsp3) is 0.143. The highest BCUT2D eigenvalue weighted by Gasteiger charge is 2.28. The molecule has 1 unspecified atom stereocenters. The zero-order valence-corrected chi connectivity index (χ0v) is 11.0. The lowest BCUT2D eigenvalue weighted by molar-refractivity contribution is 0.529. The van der Waals surface area contributed by atoms with Crippen molar-refractivity contribution in [3.63, 3.8) is 0 Å². The first-order valence-corrected chi connectivity index (χ1v) is 6.11. The summed E-state index contributed by atoms with van der Waals surface area (Å²) in [4.78, 5) is 0. The molecule has 0 saturated heterocycles. The fourth-order valence-electron chi connectivity index (χ4n) is 1.91. The minimum atomic E-state index is -0.856. The molecular formula is C14H13BrFN. The summed E-state index contributed by atoms with van der Waals surface area (Å²) in [5.74, 6) is -0.284. The second kappa shape index (κ2) is 4.59. The summed E-state index contributed by atoms with van der Waals surface area (Å²) in [7, 11) is 0. The molecule has 88 valence electrons. The number of hydrogen-bond acceptors (Lipinski definition) is 1. The van der Waals surface area contributed by atoms with Gasteiger partial charge in [-0.15, -0.1) is 0 Å². The average molecular weight is 294 g/mol. The van der Waals surface area contributed by atoms with Gasteiger partial charge in [0, 0.05) is 10.0 Å². The van der Waals surface area contributed by atoms with E-state index in [2.05, 4.69) is 15.9 Å². The maximum atomic E-state index is 13.8. The maximum Gasteiger partial charge on any atom is 0.128 e. The second-order valence-corrected chi connectivity index (χ2v) is 5.02. The molecule has 1 nitrogen and oxygen atoms in total. The van der Waals surface area contributed by atoms with E-state index >= 15 is 0 Å². The van der Waals surface area contributed by atoms with Crippen molar-refractivity contribution in [2.45, 2.75) is 12.5 Å². The van der Waals surface area contributed by atoms with Crippen LogP contribution in [0.15, 0.2) is 53.0 Å². The van der Waals surface area contributed by atoms with Crippen LogP contribution >= 0.6 is 15.9 Å². The van der Waals surface area contributed by atoms with Crippen molar-refractivity contribution in [3.05, 3.63) is 69.9 Å². The molecule has 2 N–H and O–H groups in total. The van der Waals surface area contributed by atoms with Crippen LogP contribution in [-0.4, -0.2) is 0 Å². The summed E-state index contributed by atoms with van der Waals surface area (Å²) in [6.07, 6.45) is 0. The van der Waals surface area contributed by atoms with E-state index in [9.17, 15) is 4.39 Å². The van der Waals surface area contributed by atoms with Gasteiger partial charge in [-0.25, -0.2) is 4.39 Å². The van der Waals surface area contributed by atoms with Gasteiger partial charge in [-0.05, 0) is 24.6 Å². The summed E-state index contributed by atoms with van der Waals surface area (Å²) in [6.45, 7) is 1.81. The lowest BCUT2D eigenvalue weighted by Crippen LogP contribution is -2.35. The highest BCUT2D eigenvalue weighted by Crippen LogP contribution is 2.32. The van der Waals surface area contributed by atoms with Crippen molar-refractivity contribution in [1.82, 2.24) is 0 Å². The number of halogens is 2. The molecule has 0 aliphatic rings. The molecule has 0 aromatic heterocycles. The summed E-state index contributed by atoms with van der Waals surface area (Å²) in [6, 6.07) is 14.2. The van der Waals surface area contributed by atoms with E-state index in [4.69, 9.17) is 5.73 Å². The van der Waals surface area contributed by atoms with Crippen molar-refractivity contribution in [3.8, 4) is 0 Å². The van der Waals surface area contributed by atoms with Crippen LogP contribution in [0.2, 0.25) is 0 Å². The third kappa shape index (κ3) is 2.26. The molecule has 0 radical (unpaired) electrons. The zero-order valence-electron chi connectivity index (χ0n) is 9.45. The number of benzene rings is 2. The van der Waals surface area contributed by atoms with E-state index in [1.165, 1.54) is 6.07 Å². The Morgan fingerprint density at radius 2 is 1.53 bits per heavy atom. The molecule has 2 aromatic rings. The Kier molecular flexibility index (Phi) is 3.31. The first-order chi connectivity index (χ1) is 8.03. The predicted octanol–water partition coefficient (Wildman–Crippen LogP) is 3.81. The lowest BCUT2D eigenvalue weighted by Gasteiger charge is -2.27. The highest BCUT2D eigenvalue weighted by atomic mass is 79.9. The molecule has 0 bridgehead atoms. The van der Waals surface area contributed by atoms with Crippen LogP contribution < -0.4 is 5.73 Å². The molecule has 0 aliphatic heterocycles. The fourth-order valence-corrected chi connectivity index (χ4v) is 2.61. The predicted molar refractivity (Wildman–Crippen MR) is 71.2 cm³/mol. The number of hydrogen-bond donors (Lipinski definition) is 1. The van der Waals surface area contributed by atoms with Gasteiger partial charge in [0.05, 0.1) is 5.54 Å². The van der Waals surface area contributed by atoms with E-state index in [1.54, 1.807) is 18.2 Å². The van der Waals surface area contributed by atoms with Crippen molar-refractivity contribution in [2.75, 3.05) is 0 Å². The minimum absolute atomic E-state index is 0.284. The molecule has 2 rings (SSSR count). The van der Waals surface area contributed by atoms with Crippen LogP contribution in [0.4, 0.5) is 4.39 Å². The largest absolute Gasteiger partial charge is 0.318 e. The number of rotatable bonds is 2. The van der Waals surface area contributed by atoms with E-state index in [0.29, 0.717) is 5.56 Å². The van der Waals surface area contributed by atoms with Crippen molar-refractivity contribution in [1.29, 1.82) is 0 Å². The molecule has 0 fully saturated rings. The third-order valence-electron chi connectivity index (χ3n) is 2.87.